The Kier molecular flexibility index (Phi) is 7.63. The van der Waals surface area contributed by atoms with E-state index in [1.807, 2.05) is 19.1 Å². The molecule has 1 saturated heterocycles. The predicted molar refractivity (Wildman–Crippen MR) is 127 cm³/mol. The van der Waals surface area contributed by atoms with Crippen molar-refractivity contribution in [1.29, 1.82) is 0 Å². The molecule has 0 saturated carbocycles. The molecule has 8 nitrogen and oxygen atoms in total. The number of benzene rings is 2. The lowest BCUT2D eigenvalue weighted by Crippen LogP contribution is -2.47. The van der Waals surface area contributed by atoms with Gasteiger partial charge in [-0.2, -0.15) is 0 Å². The molecule has 33 heavy (non-hydrogen) atoms. The van der Waals surface area contributed by atoms with Crippen LogP contribution in [0.2, 0.25) is 0 Å². The summed E-state index contributed by atoms with van der Waals surface area (Å²) in [6.45, 7) is 4.19. The minimum absolute atomic E-state index is 0.00445. The summed E-state index contributed by atoms with van der Waals surface area (Å²) in [6, 6.07) is 12.1. The van der Waals surface area contributed by atoms with Crippen molar-refractivity contribution in [3.8, 4) is 5.75 Å². The summed E-state index contributed by atoms with van der Waals surface area (Å²) in [5.41, 5.74) is 7.61. The van der Waals surface area contributed by atoms with Crippen molar-refractivity contribution in [1.82, 2.24) is 4.90 Å². The fraction of sp³-hybridized carbons (Fsp3) is 0.417. The highest BCUT2D eigenvalue weighted by Gasteiger charge is 2.33. The first-order valence-electron chi connectivity index (χ1n) is 11.0. The first-order valence-corrected chi connectivity index (χ1v) is 12.4. The second kappa shape index (κ2) is 10.2. The summed E-state index contributed by atoms with van der Waals surface area (Å²) in [4.78, 5) is 26.2. The van der Waals surface area contributed by atoms with Gasteiger partial charge in [0.2, 0.25) is 11.8 Å². The highest BCUT2D eigenvalue weighted by Crippen LogP contribution is 2.31. The van der Waals surface area contributed by atoms with Gasteiger partial charge < -0.3 is 15.4 Å². The molecule has 2 aromatic carbocycles. The van der Waals surface area contributed by atoms with Crippen LogP contribution in [-0.4, -0.2) is 51.9 Å². The van der Waals surface area contributed by atoms with E-state index in [1.54, 1.807) is 42.2 Å². The van der Waals surface area contributed by atoms with Crippen molar-refractivity contribution in [2.24, 2.45) is 11.7 Å². The van der Waals surface area contributed by atoms with Gasteiger partial charge in [0, 0.05) is 19.0 Å². The third-order valence-corrected chi connectivity index (χ3v) is 7.84. The number of hydrogen-bond donors (Lipinski definition) is 1. The molecule has 2 amide bonds. The molecule has 0 spiro atoms. The van der Waals surface area contributed by atoms with Crippen LogP contribution in [0, 0.1) is 12.8 Å². The Labute approximate surface area is 195 Å². The standard InChI is InChI=1S/C24H31N3O5S/c1-4-18-6-8-20(9-7-18)27(16-23(28)26-13-11-19(12-14-26)24(25)29)33(30,31)22-15-17(2)5-10-21(22)32-3/h5-10,15,19H,4,11-14,16H2,1-3H3,(H2,25,29). The lowest BCUT2D eigenvalue weighted by atomic mass is 9.96. The van der Waals surface area contributed by atoms with Crippen LogP contribution in [0.4, 0.5) is 5.69 Å². The topological polar surface area (TPSA) is 110 Å². The van der Waals surface area contributed by atoms with Gasteiger partial charge in [0.1, 0.15) is 17.2 Å². The number of likely N-dealkylation sites (tertiary alicyclic amines) is 1. The van der Waals surface area contributed by atoms with Crippen molar-refractivity contribution in [2.75, 3.05) is 31.0 Å². The molecule has 178 valence electrons. The molecule has 1 fully saturated rings. The van der Waals surface area contributed by atoms with Gasteiger partial charge in [-0.1, -0.05) is 25.1 Å². The molecule has 2 aromatic rings. The molecular formula is C24H31N3O5S. The second-order valence-corrected chi connectivity index (χ2v) is 10.1. The fourth-order valence-electron chi connectivity index (χ4n) is 3.95. The van der Waals surface area contributed by atoms with E-state index in [0.717, 1.165) is 21.9 Å². The number of aryl methyl sites for hydroxylation is 2. The average Bonchev–Trinajstić information content (AvgIpc) is 2.82. The van der Waals surface area contributed by atoms with Gasteiger partial charge in [0.05, 0.1) is 12.8 Å². The molecule has 3 rings (SSSR count). The molecule has 0 aliphatic carbocycles. The third kappa shape index (κ3) is 5.47. The van der Waals surface area contributed by atoms with Crippen LogP contribution in [0.5, 0.6) is 5.75 Å². The van der Waals surface area contributed by atoms with Crippen LogP contribution in [0.3, 0.4) is 0 Å². The normalized spacial score (nSPS) is 14.7. The van der Waals surface area contributed by atoms with E-state index in [-0.39, 0.29) is 34.9 Å². The van der Waals surface area contributed by atoms with E-state index < -0.39 is 10.0 Å². The molecule has 0 atom stereocenters. The second-order valence-electron chi connectivity index (χ2n) is 8.24. The maximum atomic E-state index is 13.8. The number of carbonyl (C=O) groups is 2. The lowest BCUT2D eigenvalue weighted by Gasteiger charge is -2.33. The number of carbonyl (C=O) groups excluding carboxylic acids is 2. The number of amides is 2. The summed E-state index contributed by atoms with van der Waals surface area (Å²) in [5, 5.41) is 0. The molecule has 0 aromatic heterocycles. The highest BCUT2D eigenvalue weighted by molar-refractivity contribution is 7.93. The predicted octanol–water partition coefficient (Wildman–Crippen LogP) is 2.49. The summed E-state index contributed by atoms with van der Waals surface area (Å²) in [5.74, 6) is -0.737. The highest BCUT2D eigenvalue weighted by atomic mass is 32.2. The molecule has 0 unspecified atom stereocenters. The fourth-order valence-corrected chi connectivity index (χ4v) is 5.61. The first-order chi connectivity index (χ1) is 15.7. The number of nitrogens with zero attached hydrogens (tertiary/aromatic N) is 2. The minimum Gasteiger partial charge on any atom is -0.495 e. The summed E-state index contributed by atoms with van der Waals surface area (Å²) < 4.78 is 34.0. The minimum atomic E-state index is -4.11. The van der Waals surface area contributed by atoms with Crippen LogP contribution >= 0.6 is 0 Å². The molecule has 1 heterocycles. The van der Waals surface area contributed by atoms with Crippen molar-refractivity contribution < 1.29 is 22.7 Å². The SMILES string of the molecule is CCc1ccc(N(CC(=O)N2CCC(C(N)=O)CC2)S(=O)(=O)c2cc(C)ccc2OC)cc1. The van der Waals surface area contributed by atoms with Gasteiger partial charge in [0.15, 0.2) is 0 Å². The number of rotatable bonds is 8. The van der Waals surface area contributed by atoms with Gasteiger partial charge in [0.25, 0.3) is 10.0 Å². The largest absolute Gasteiger partial charge is 0.495 e. The summed E-state index contributed by atoms with van der Waals surface area (Å²) in [7, 11) is -2.70. The zero-order valence-electron chi connectivity index (χ0n) is 19.3. The van der Waals surface area contributed by atoms with Crippen molar-refractivity contribution in [2.45, 2.75) is 38.0 Å². The number of ether oxygens (including phenoxy) is 1. The first kappa shape index (κ1) is 24.6. The van der Waals surface area contributed by atoms with Crippen molar-refractivity contribution in [3.05, 3.63) is 53.6 Å². The third-order valence-electron chi connectivity index (χ3n) is 6.05. The Balaban J connectivity index is 1.96. The molecule has 0 bridgehead atoms. The summed E-state index contributed by atoms with van der Waals surface area (Å²) >= 11 is 0. The number of nitrogens with two attached hydrogens (primary N) is 1. The van der Waals surface area contributed by atoms with Crippen molar-refractivity contribution in [3.63, 3.8) is 0 Å². The van der Waals surface area contributed by atoms with E-state index in [4.69, 9.17) is 10.5 Å². The maximum Gasteiger partial charge on any atom is 0.268 e. The quantitative estimate of drug-likeness (QED) is 0.633. The van der Waals surface area contributed by atoms with Crippen LogP contribution in [0.25, 0.3) is 0 Å². The van der Waals surface area contributed by atoms with Gasteiger partial charge in [-0.3, -0.25) is 13.9 Å². The van der Waals surface area contributed by atoms with Crippen LogP contribution < -0.4 is 14.8 Å². The lowest BCUT2D eigenvalue weighted by molar-refractivity contribution is -0.133. The maximum absolute atomic E-state index is 13.8. The Morgan fingerprint density at radius 2 is 1.76 bits per heavy atom. The Hall–Kier alpha value is -3.07. The van der Waals surface area contributed by atoms with E-state index in [2.05, 4.69) is 0 Å². The number of methoxy groups -OCH3 is 1. The molecule has 0 radical (unpaired) electrons. The molecule has 1 aliphatic rings. The van der Waals surface area contributed by atoms with Crippen LogP contribution in [0.1, 0.15) is 30.9 Å². The summed E-state index contributed by atoms with van der Waals surface area (Å²) in [6.07, 6.45) is 1.77. The van der Waals surface area contributed by atoms with Gasteiger partial charge in [-0.15, -0.1) is 0 Å². The Bertz CT molecular complexity index is 1110. The zero-order chi connectivity index (χ0) is 24.2. The number of primary amides is 1. The van der Waals surface area contributed by atoms with E-state index in [0.29, 0.717) is 31.6 Å². The monoisotopic (exact) mass is 473 g/mol. The van der Waals surface area contributed by atoms with Crippen LogP contribution in [0.15, 0.2) is 47.4 Å². The zero-order valence-corrected chi connectivity index (χ0v) is 20.1. The van der Waals surface area contributed by atoms with Gasteiger partial charge in [-0.05, 0) is 61.6 Å². The molecule has 9 heteroatoms. The molecule has 1 aliphatic heterocycles. The van der Waals surface area contributed by atoms with Crippen molar-refractivity contribution >= 4 is 27.5 Å². The van der Waals surface area contributed by atoms with Gasteiger partial charge in [-0.25, -0.2) is 8.42 Å². The molecular weight excluding hydrogens is 442 g/mol. The average molecular weight is 474 g/mol. The molecule has 2 N–H and O–H groups in total. The van der Waals surface area contributed by atoms with Gasteiger partial charge >= 0.3 is 0 Å². The number of piperidine rings is 1. The Morgan fingerprint density at radius 1 is 1.12 bits per heavy atom. The number of anilines is 1. The van der Waals surface area contributed by atoms with E-state index >= 15 is 0 Å². The van der Waals surface area contributed by atoms with Crippen LogP contribution in [-0.2, 0) is 26.0 Å². The smallest absolute Gasteiger partial charge is 0.268 e. The van der Waals surface area contributed by atoms with E-state index in [9.17, 15) is 18.0 Å². The Morgan fingerprint density at radius 3 is 2.30 bits per heavy atom. The number of hydrogen-bond acceptors (Lipinski definition) is 5. The van der Waals surface area contributed by atoms with E-state index in [1.165, 1.54) is 7.11 Å². The number of sulfonamides is 1.